The van der Waals surface area contributed by atoms with Gasteiger partial charge in [0.15, 0.2) is 0 Å². The van der Waals surface area contributed by atoms with Crippen LogP contribution in [0.2, 0.25) is 0 Å². The number of hydrogen-bond acceptors (Lipinski definition) is 2. The van der Waals surface area contributed by atoms with Gasteiger partial charge in [-0.2, -0.15) is 0 Å². The fraction of sp³-hybridized carbons (Fsp3) is 0.115. The Bertz CT molecular complexity index is 3530. The van der Waals surface area contributed by atoms with E-state index in [1.165, 1.54) is 103 Å². The quantitative estimate of drug-likeness (QED) is 0.161. The van der Waals surface area contributed by atoms with Crippen LogP contribution in [0.3, 0.4) is 0 Å². The first-order chi connectivity index (χ1) is 31.1. The van der Waals surface area contributed by atoms with Crippen molar-refractivity contribution in [2.75, 3.05) is 0 Å². The topological polar surface area (TPSA) is 18.1 Å². The molecule has 0 N–H and O–H groups in total. The molecule has 1 aliphatic carbocycles. The third kappa shape index (κ3) is 7.56. The molecule has 12 aromatic rings. The van der Waals surface area contributed by atoms with E-state index in [2.05, 4.69) is 222 Å². The molecule has 0 unspecified atom stereocenters. The van der Waals surface area contributed by atoms with Gasteiger partial charge in [-0.15, -0.1) is 11.3 Å². The summed E-state index contributed by atoms with van der Waals surface area (Å²) in [6, 6.07) is 71.1. The second-order valence-corrected chi connectivity index (χ2v) is 18.7. The van der Waals surface area contributed by atoms with Crippen molar-refractivity contribution in [2.45, 2.75) is 47.0 Å². The fourth-order valence-electron chi connectivity index (χ4n) is 9.46. The average molecular weight is 846 g/mol. The maximum absolute atomic E-state index is 5.71. The van der Waals surface area contributed by atoms with Crippen molar-refractivity contribution in [1.82, 2.24) is 4.57 Å². The molecule has 13 rings (SSSR count). The van der Waals surface area contributed by atoms with Crippen LogP contribution in [0.4, 0.5) is 0 Å². The number of fused-ring (bicyclic) bond motifs is 12. The molecule has 312 valence electrons. The van der Waals surface area contributed by atoms with Crippen LogP contribution >= 0.6 is 11.3 Å². The van der Waals surface area contributed by atoms with Crippen molar-refractivity contribution in [3.63, 3.8) is 0 Å². The molecule has 0 amide bonds. The zero-order valence-corrected chi connectivity index (χ0v) is 38.1. The monoisotopic (exact) mass is 845 g/mol. The molecule has 0 fully saturated rings. The molecule has 3 heterocycles. The van der Waals surface area contributed by atoms with Crippen LogP contribution in [0.5, 0.6) is 0 Å². The lowest BCUT2D eigenvalue weighted by atomic mass is 9.82. The minimum atomic E-state index is 0.152. The SMILES string of the molecule is Cc1ccc2c(c1)-c1ccccc1C2(C)C.Cc1ccc2c(c1)c1ccccc1n2-c1ccccc1.Cc1ccc2oc3ccccc3c2c1.Cc1ccc2sc3ccccc3c2c1. The minimum absolute atomic E-state index is 0.152. The molecule has 0 aliphatic heterocycles. The van der Waals surface area contributed by atoms with E-state index in [0.717, 1.165) is 11.2 Å². The molecule has 0 radical (unpaired) electrons. The van der Waals surface area contributed by atoms with Gasteiger partial charge in [0.1, 0.15) is 11.2 Å². The predicted octanol–water partition coefficient (Wildman–Crippen LogP) is 17.7. The molecule has 3 heteroatoms. The fourth-order valence-corrected chi connectivity index (χ4v) is 10.5. The third-order valence-electron chi connectivity index (χ3n) is 12.6. The van der Waals surface area contributed by atoms with Gasteiger partial charge >= 0.3 is 0 Å². The molecule has 0 saturated heterocycles. The van der Waals surface area contributed by atoms with Crippen LogP contribution in [-0.4, -0.2) is 4.57 Å². The molecular formula is C61H51NOS. The molecular weight excluding hydrogens is 795 g/mol. The predicted molar refractivity (Wildman–Crippen MR) is 277 cm³/mol. The van der Waals surface area contributed by atoms with E-state index in [4.69, 9.17) is 4.42 Å². The van der Waals surface area contributed by atoms with Crippen LogP contribution in [0, 0.1) is 27.7 Å². The summed E-state index contributed by atoms with van der Waals surface area (Å²) in [6.07, 6.45) is 0. The lowest BCUT2D eigenvalue weighted by Crippen LogP contribution is -2.14. The maximum atomic E-state index is 5.71. The third-order valence-corrected chi connectivity index (χ3v) is 13.8. The molecule has 0 saturated carbocycles. The Morgan fingerprint density at radius 3 is 1.72 bits per heavy atom. The first kappa shape index (κ1) is 40.8. The van der Waals surface area contributed by atoms with Crippen molar-refractivity contribution in [1.29, 1.82) is 0 Å². The highest BCUT2D eigenvalue weighted by Crippen LogP contribution is 2.48. The van der Waals surface area contributed by atoms with E-state index in [1.54, 1.807) is 0 Å². The van der Waals surface area contributed by atoms with Crippen LogP contribution in [0.1, 0.15) is 47.2 Å². The van der Waals surface area contributed by atoms with Gasteiger partial charge < -0.3 is 8.98 Å². The minimum Gasteiger partial charge on any atom is -0.456 e. The second-order valence-electron chi connectivity index (χ2n) is 17.6. The van der Waals surface area contributed by atoms with E-state index < -0.39 is 0 Å². The Hall–Kier alpha value is -7.20. The van der Waals surface area contributed by atoms with Crippen molar-refractivity contribution < 1.29 is 4.42 Å². The summed E-state index contributed by atoms with van der Waals surface area (Å²) < 4.78 is 10.8. The zero-order chi connectivity index (χ0) is 44.0. The summed E-state index contributed by atoms with van der Waals surface area (Å²) in [5, 5.41) is 7.83. The number of para-hydroxylation sites is 3. The highest BCUT2D eigenvalue weighted by Gasteiger charge is 2.34. The van der Waals surface area contributed by atoms with E-state index in [9.17, 15) is 0 Å². The molecule has 3 aromatic heterocycles. The van der Waals surface area contributed by atoms with Gasteiger partial charge in [0.05, 0.1) is 11.0 Å². The zero-order valence-electron chi connectivity index (χ0n) is 37.3. The normalized spacial score (nSPS) is 12.3. The lowest BCUT2D eigenvalue weighted by molar-refractivity contribution is 0.660. The molecule has 0 atom stereocenters. The Morgan fingerprint density at radius 2 is 0.906 bits per heavy atom. The number of furan rings is 1. The van der Waals surface area contributed by atoms with Crippen molar-refractivity contribution in [3.8, 4) is 16.8 Å². The van der Waals surface area contributed by atoms with Crippen LogP contribution in [0.15, 0.2) is 205 Å². The van der Waals surface area contributed by atoms with Gasteiger partial charge in [0.2, 0.25) is 0 Å². The second kappa shape index (κ2) is 16.8. The lowest BCUT2D eigenvalue weighted by Gasteiger charge is -2.21. The maximum Gasteiger partial charge on any atom is 0.135 e. The molecule has 1 aliphatic rings. The van der Waals surface area contributed by atoms with Gasteiger partial charge in [-0.3, -0.25) is 0 Å². The van der Waals surface area contributed by atoms with Gasteiger partial charge in [-0.1, -0.05) is 170 Å². The summed E-state index contributed by atoms with van der Waals surface area (Å²) in [7, 11) is 0. The average Bonchev–Trinajstić information content (AvgIpc) is 4.03. The van der Waals surface area contributed by atoms with Gasteiger partial charge in [0, 0.05) is 52.8 Å². The molecule has 0 bridgehead atoms. The summed E-state index contributed by atoms with van der Waals surface area (Å²) >= 11 is 1.87. The first-order valence-corrected chi connectivity index (χ1v) is 23.0. The van der Waals surface area contributed by atoms with Gasteiger partial charge in [-0.25, -0.2) is 0 Å². The highest BCUT2D eigenvalue weighted by atomic mass is 32.1. The van der Waals surface area contributed by atoms with E-state index in [1.807, 2.05) is 35.6 Å². The summed E-state index contributed by atoms with van der Waals surface area (Å²) in [6.45, 7) is 13.2. The van der Waals surface area contributed by atoms with E-state index >= 15 is 0 Å². The Balaban J connectivity index is 0.000000102. The molecule has 64 heavy (non-hydrogen) atoms. The molecule has 0 spiro atoms. The standard InChI is InChI=1S/C19H15N.C16H16.C13H10O.C13H10S/c1-14-11-12-19-17(13-14)16-9-5-6-10-18(16)20(19)15-7-3-2-4-8-15;1-11-8-9-15-13(10-11)12-6-4-5-7-14(12)16(15,2)3;2*1-9-6-7-13-11(8-9)10-4-2-3-5-12(10)14-13/h2-13H,1H3;4-10H,1-3H3;2*2-8H,1H3. The van der Waals surface area contributed by atoms with Crippen LogP contribution in [-0.2, 0) is 5.41 Å². The molecule has 9 aromatic carbocycles. The van der Waals surface area contributed by atoms with Gasteiger partial charge in [-0.05, 0) is 117 Å². The van der Waals surface area contributed by atoms with Crippen molar-refractivity contribution in [3.05, 3.63) is 234 Å². The Labute approximate surface area is 379 Å². The Kier molecular flexibility index (Phi) is 10.7. The number of rotatable bonds is 1. The first-order valence-electron chi connectivity index (χ1n) is 22.2. The van der Waals surface area contributed by atoms with Crippen molar-refractivity contribution in [2.24, 2.45) is 0 Å². The van der Waals surface area contributed by atoms with Crippen molar-refractivity contribution >= 4 is 75.3 Å². The summed E-state index contributed by atoms with van der Waals surface area (Å²) in [5.41, 5.74) is 16.8. The summed E-state index contributed by atoms with van der Waals surface area (Å²) in [4.78, 5) is 0. The number of hydrogen-bond donors (Lipinski definition) is 0. The number of benzene rings is 9. The smallest absolute Gasteiger partial charge is 0.135 e. The van der Waals surface area contributed by atoms with Crippen LogP contribution in [0.25, 0.3) is 80.7 Å². The number of aromatic nitrogens is 1. The van der Waals surface area contributed by atoms with Crippen LogP contribution < -0.4 is 0 Å². The van der Waals surface area contributed by atoms with Gasteiger partial charge in [0.25, 0.3) is 0 Å². The number of nitrogens with zero attached hydrogens (tertiary/aromatic N) is 1. The number of aryl methyl sites for hydroxylation is 4. The van der Waals surface area contributed by atoms with E-state index in [0.29, 0.717) is 0 Å². The number of thiophene rings is 1. The Morgan fingerprint density at radius 1 is 0.375 bits per heavy atom. The largest absolute Gasteiger partial charge is 0.456 e. The summed E-state index contributed by atoms with van der Waals surface area (Å²) in [5.74, 6) is 0. The highest BCUT2D eigenvalue weighted by molar-refractivity contribution is 7.25. The van der Waals surface area contributed by atoms with E-state index in [-0.39, 0.29) is 5.41 Å². The molecule has 2 nitrogen and oxygen atoms in total.